The van der Waals surface area contributed by atoms with E-state index in [0.717, 1.165) is 10.0 Å². The third-order valence-electron chi connectivity index (χ3n) is 5.84. The molecule has 0 saturated carbocycles. The van der Waals surface area contributed by atoms with Gasteiger partial charge in [-0.2, -0.15) is 0 Å². The number of imide groups is 1. The summed E-state index contributed by atoms with van der Waals surface area (Å²) >= 11 is 3.39. The van der Waals surface area contributed by atoms with Crippen LogP contribution in [0.3, 0.4) is 0 Å². The number of fused-ring (bicyclic) bond motifs is 4. The minimum Gasteiger partial charge on any atom is -0.324 e. The fourth-order valence-electron chi connectivity index (χ4n) is 4.79. The van der Waals surface area contributed by atoms with Crippen molar-refractivity contribution in [1.29, 1.82) is 0 Å². The second-order valence-electron chi connectivity index (χ2n) is 7.24. The minimum absolute atomic E-state index is 0.267. The summed E-state index contributed by atoms with van der Waals surface area (Å²) < 4.78 is 0.780. The Morgan fingerprint density at radius 1 is 1.04 bits per heavy atom. The van der Waals surface area contributed by atoms with Crippen LogP contribution in [0.1, 0.15) is 12.5 Å². The van der Waals surface area contributed by atoms with Crippen LogP contribution in [0.25, 0.3) is 0 Å². The molecule has 3 aliphatic heterocycles. The van der Waals surface area contributed by atoms with Crippen molar-refractivity contribution in [1.82, 2.24) is 5.32 Å². The zero-order valence-electron chi connectivity index (χ0n) is 14.4. The standard InChI is InChI=1S/C20H16BrN3O3/c1-10-15-16(18(26)24(17(15)25)12-6-4-5-11(21)9-12)20(23-10)13-7-2-3-8-14(13)22-19(20)27/h2-10,15-16,23H,1H3,(H,22,27). The normalized spacial score (nSPS) is 31.4. The van der Waals surface area contributed by atoms with Crippen molar-refractivity contribution in [2.45, 2.75) is 18.5 Å². The molecule has 7 heteroatoms. The number of hydrogen-bond acceptors (Lipinski definition) is 4. The van der Waals surface area contributed by atoms with E-state index in [0.29, 0.717) is 11.4 Å². The van der Waals surface area contributed by atoms with Gasteiger partial charge >= 0.3 is 0 Å². The Morgan fingerprint density at radius 3 is 2.59 bits per heavy atom. The van der Waals surface area contributed by atoms with E-state index in [9.17, 15) is 14.4 Å². The van der Waals surface area contributed by atoms with Crippen LogP contribution in [-0.4, -0.2) is 23.8 Å². The second kappa shape index (κ2) is 5.50. The maximum Gasteiger partial charge on any atom is 0.250 e. The summed E-state index contributed by atoms with van der Waals surface area (Å²) in [5.74, 6) is -2.25. The number of anilines is 2. The van der Waals surface area contributed by atoms with Crippen molar-refractivity contribution in [3.05, 3.63) is 58.6 Å². The molecule has 3 heterocycles. The SMILES string of the molecule is CC1NC2(C(=O)Nc3ccccc32)C2C(=O)N(c3cccc(Br)c3)C(=O)C12. The van der Waals surface area contributed by atoms with Crippen molar-refractivity contribution >= 4 is 45.0 Å². The number of nitrogens with zero attached hydrogens (tertiary/aromatic N) is 1. The molecule has 3 aliphatic rings. The summed E-state index contributed by atoms with van der Waals surface area (Å²) in [6, 6.07) is 14.1. The highest BCUT2D eigenvalue weighted by Crippen LogP contribution is 2.53. The molecule has 2 saturated heterocycles. The van der Waals surface area contributed by atoms with Gasteiger partial charge in [0.1, 0.15) is 5.54 Å². The van der Waals surface area contributed by atoms with Gasteiger partial charge in [0.05, 0.1) is 17.5 Å². The molecule has 0 aromatic heterocycles. The van der Waals surface area contributed by atoms with Gasteiger partial charge in [0.15, 0.2) is 0 Å². The minimum atomic E-state index is -1.21. The van der Waals surface area contributed by atoms with E-state index in [4.69, 9.17) is 0 Å². The lowest BCUT2D eigenvalue weighted by molar-refractivity contribution is -0.130. The van der Waals surface area contributed by atoms with Crippen LogP contribution in [0.5, 0.6) is 0 Å². The fraction of sp³-hybridized carbons (Fsp3) is 0.250. The van der Waals surface area contributed by atoms with Crippen molar-refractivity contribution in [3.63, 3.8) is 0 Å². The number of para-hydroxylation sites is 1. The Hall–Kier alpha value is -2.51. The van der Waals surface area contributed by atoms with E-state index in [2.05, 4.69) is 26.6 Å². The van der Waals surface area contributed by atoms with Gasteiger partial charge in [0.25, 0.3) is 0 Å². The highest BCUT2D eigenvalue weighted by molar-refractivity contribution is 9.10. The summed E-state index contributed by atoms with van der Waals surface area (Å²) in [7, 11) is 0. The number of halogens is 1. The first-order valence-corrected chi connectivity index (χ1v) is 9.56. The average molecular weight is 426 g/mol. The monoisotopic (exact) mass is 425 g/mol. The topological polar surface area (TPSA) is 78.5 Å². The quantitative estimate of drug-likeness (QED) is 0.687. The van der Waals surface area contributed by atoms with E-state index >= 15 is 0 Å². The van der Waals surface area contributed by atoms with Gasteiger partial charge in [-0.25, -0.2) is 4.90 Å². The maximum absolute atomic E-state index is 13.4. The highest BCUT2D eigenvalue weighted by atomic mass is 79.9. The summed E-state index contributed by atoms with van der Waals surface area (Å²) in [5, 5.41) is 6.16. The van der Waals surface area contributed by atoms with Crippen LogP contribution in [0.2, 0.25) is 0 Å². The van der Waals surface area contributed by atoms with Crippen LogP contribution in [0.4, 0.5) is 11.4 Å². The Bertz CT molecular complexity index is 1020. The molecular formula is C20H16BrN3O3. The van der Waals surface area contributed by atoms with E-state index in [1.807, 2.05) is 37.3 Å². The van der Waals surface area contributed by atoms with E-state index in [1.54, 1.807) is 18.2 Å². The molecule has 0 radical (unpaired) electrons. The zero-order chi connectivity index (χ0) is 18.9. The maximum atomic E-state index is 13.4. The summed E-state index contributed by atoms with van der Waals surface area (Å²) in [4.78, 5) is 40.9. The summed E-state index contributed by atoms with van der Waals surface area (Å²) in [6.45, 7) is 1.86. The molecule has 4 unspecified atom stereocenters. The average Bonchev–Trinajstić information content (AvgIpc) is 3.20. The summed E-state index contributed by atoms with van der Waals surface area (Å²) in [6.07, 6.45) is 0. The lowest BCUT2D eigenvalue weighted by Crippen LogP contribution is -2.53. The largest absolute Gasteiger partial charge is 0.324 e. The predicted molar refractivity (Wildman–Crippen MR) is 103 cm³/mol. The summed E-state index contributed by atoms with van der Waals surface area (Å²) in [5.41, 5.74) is 0.715. The molecule has 2 N–H and O–H groups in total. The molecule has 2 aromatic rings. The first kappa shape index (κ1) is 16.6. The van der Waals surface area contributed by atoms with E-state index in [1.165, 1.54) is 4.90 Å². The van der Waals surface area contributed by atoms with Crippen LogP contribution >= 0.6 is 15.9 Å². The number of benzene rings is 2. The molecule has 6 nitrogen and oxygen atoms in total. The molecule has 27 heavy (non-hydrogen) atoms. The van der Waals surface area contributed by atoms with Gasteiger partial charge in [-0.1, -0.05) is 40.2 Å². The van der Waals surface area contributed by atoms with Crippen LogP contribution in [0, 0.1) is 11.8 Å². The van der Waals surface area contributed by atoms with Gasteiger partial charge in [0, 0.05) is 21.8 Å². The van der Waals surface area contributed by atoms with Gasteiger partial charge in [-0.15, -0.1) is 0 Å². The first-order valence-electron chi connectivity index (χ1n) is 8.77. The smallest absolute Gasteiger partial charge is 0.250 e. The first-order chi connectivity index (χ1) is 12.9. The Labute approximate surface area is 164 Å². The molecule has 4 atom stereocenters. The van der Waals surface area contributed by atoms with Gasteiger partial charge < -0.3 is 5.32 Å². The van der Waals surface area contributed by atoms with Gasteiger partial charge in [0.2, 0.25) is 17.7 Å². The molecular weight excluding hydrogens is 410 g/mol. The van der Waals surface area contributed by atoms with Crippen molar-refractivity contribution in [2.75, 3.05) is 10.2 Å². The molecule has 2 fully saturated rings. The molecule has 5 rings (SSSR count). The third-order valence-corrected chi connectivity index (χ3v) is 6.33. The number of carbonyl (C=O) groups excluding carboxylic acids is 3. The number of amides is 3. The molecule has 2 aromatic carbocycles. The lowest BCUT2D eigenvalue weighted by Gasteiger charge is -2.29. The Kier molecular flexibility index (Phi) is 3.39. The van der Waals surface area contributed by atoms with Crippen LogP contribution in [-0.2, 0) is 19.9 Å². The number of hydrogen-bond donors (Lipinski definition) is 2. The van der Waals surface area contributed by atoms with Crippen molar-refractivity contribution < 1.29 is 14.4 Å². The predicted octanol–water partition coefficient (Wildman–Crippen LogP) is 2.39. The van der Waals surface area contributed by atoms with Crippen LogP contribution < -0.4 is 15.5 Å². The molecule has 0 bridgehead atoms. The third kappa shape index (κ3) is 2.01. The molecule has 0 aliphatic carbocycles. The Balaban J connectivity index is 1.67. The second-order valence-corrected chi connectivity index (χ2v) is 8.15. The van der Waals surface area contributed by atoms with Gasteiger partial charge in [-0.3, -0.25) is 19.7 Å². The highest BCUT2D eigenvalue weighted by Gasteiger charge is 2.69. The van der Waals surface area contributed by atoms with Crippen LogP contribution in [0.15, 0.2) is 53.0 Å². The van der Waals surface area contributed by atoms with Crippen molar-refractivity contribution in [2.24, 2.45) is 11.8 Å². The van der Waals surface area contributed by atoms with Crippen molar-refractivity contribution in [3.8, 4) is 0 Å². The molecule has 1 spiro atoms. The number of rotatable bonds is 1. The van der Waals surface area contributed by atoms with E-state index < -0.39 is 17.4 Å². The molecule has 3 amide bonds. The fourth-order valence-corrected chi connectivity index (χ4v) is 5.18. The Morgan fingerprint density at radius 2 is 1.81 bits per heavy atom. The zero-order valence-corrected chi connectivity index (χ0v) is 16.0. The van der Waals surface area contributed by atoms with Gasteiger partial charge in [-0.05, 0) is 31.2 Å². The lowest BCUT2D eigenvalue weighted by atomic mass is 9.76. The van der Waals surface area contributed by atoms with E-state index in [-0.39, 0.29) is 23.8 Å². The number of nitrogens with one attached hydrogen (secondary N) is 2. The number of carbonyl (C=O) groups is 3. The molecule has 136 valence electrons.